The number of hydrogen-bond acceptors (Lipinski definition) is 9. The number of aromatic nitrogens is 3. The van der Waals surface area contributed by atoms with E-state index < -0.39 is 16.6 Å². The summed E-state index contributed by atoms with van der Waals surface area (Å²) in [6, 6.07) is 14.5. The lowest BCUT2D eigenvalue weighted by Crippen LogP contribution is -2.49. The highest BCUT2D eigenvalue weighted by Crippen LogP contribution is 2.28. The summed E-state index contributed by atoms with van der Waals surface area (Å²) in [4.78, 5) is 42.8. The van der Waals surface area contributed by atoms with Crippen LogP contribution in [0.1, 0.15) is 56.5 Å². The third-order valence-electron chi connectivity index (χ3n) is 7.11. The van der Waals surface area contributed by atoms with E-state index in [0.29, 0.717) is 29.3 Å². The van der Waals surface area contributed by atoms with Crippen molar-refractivity contribution in [3.63, 3.8) is 0 Å². The number of carbonyl (C=O) groups excluding carboxylic acids is 2. The molecule has 1 aliphatic rings. The standard InChI is InChI=1S/C31H36N8O5/c1-5-20-18-32-38-27(17-26(36-28(20)38)37-15-7-10-24(19-37)35-30(41)44-31(2,3)4)33-22-8-6-9-23(16-22)34-29(40)21-11-13-25(14-12-21)39(42)43/h6,8-9,11-14,16-18,24,33H,5,7,10,15,19H2,1-4H3,(H,34,40)(H,35,41). The first kappa shape index (κ1) is 30.3. The van der Waals surface area contributed by atoms with E-state index in [9.17, 15) is 19.7 Å². The Bertz CT molecular complexity index is 1680. The molecular weight excluding hydrogens is 564 g/mol. The number of piperidine rings is 1. The van der Waals surface area contributed by atoms with Crippen LogP contribution in [0.2, 0.25) is 0 Å². The number of carbonyl (C=O) groups is 2. The minimum Gasteiger partial charge on any atom is -0.444 e. The van der Waals surface area contributed by atoms with Gasteiger partial charge in [0.15, 0.2) is 5.65 Å². The van der Waals surface area contributed by atoms with Crippen LogP contribution in [0.5, 0.6) is 0 Å². The zero-order valence-corrected chi connectivity index (χ0v) is 25.2. The fourth-order valence-corrected chi connectivity index (χ4v) is 5.03. The molecule has 0 radical (unpaired) electrons. The van der Waals surface area contributed by atoms with E-state index in [1.807, 2.05) is 39.0 Å². The average Bonchev–Trinajstić information content (AvgIpc) is 3.40. The molecule has 1 fully saturated rings. The monoisotopic (exact) mass is 600 g/mol. The molecular formula is C31H36N8O5. The molecule has 0 aliphatic carbocycles. The molecule has 1 atom stereocenters. The lowest BCUT2D eigenvalue weighted by molar-refractivity contribution is -0.384. The Hall–Kier alpha value is -5.20. The highest BCUT2D eigenvalue weighted by molar-refractivity contribution is 6.04. The number of amides is 2. The van der Waals surface area contributed by atoms with Crippen molar-refractivity contribution in [1.29, 1.82) is 0 Å². The van der Waals surface area contributed by atoms with Gasteiger partial charge in [-0.2, -0.15) is 9.61 Å². The van der Waals surface area contributed by atoms with Crippen molar-refractivity contribution in [3.05, 3.63) is 82.0 Å². The number of benzene rings is 2. The fraction of sp³-hybridized carbons (Fsp3) is 0.355. The molecule has 0 bridgehead atoms. The van der Waals surface area contributed by atoms with Crippen LogP contribution in [-0.2, 0) is 11.2 Å². The second-order valence-corrected chi connectivity index (χ2v) is 11.7. The molecule has 13 heteroatoms. The molecule has 13 nitrogen and oxygen atoms in total. The van der Waals surface area contributed by atoms with Crippen molar-refractivity contribution in [3.8, 4) is 0 Å². The largest absolute Gasteiger partial charge is 0.444 e. The first-order valence-electron chi connectivity index (χ1n) is 14.5. The molecule has 4 aromatic rings. The number of nitro benzene ring substituents is 1. The zero-order valence-electron chi connectivity index (χ0n) is 25.2. The second kappa shape index (κ2) is 12.6. The van der Waals surface area contributed by atoms with E-state index in [4.69, 9.17) is 9.72 Å². The van der Waals surface area contributed by atoms with Gasteiger partial charge in [-0.05, 0) is 70.4 Å². The quantitative estimate of drug-likeness (QED) is 0.171. The molecule has 1 aliphatic heterocycles. The van der Waals surface area contributed by atoms with Crippen LogP contribution in [0.4, 0.5) is 33.5 Å². The van der Waals surface area contributed by atoms with Gasteiger partial charge in [0.2, 0.25) is 0 Å². The van der Waals surface area contributed by atoms with Gasteiger partial charge in [0.05, 0.1) is 11.1 Å². The predicted octanol–water partition coefficient (Wildman–Crippen LogP) is 5.69. The number of rotatable bonds is 8. The molecule has 230 valence electrons. The second-order valence-electron chi connectivity index (χ2n) is 11.7. The van der Waals surface area contributed by atoms with Crippen molar-refractivity contribution < 1.29 is 19.2 Å². The number of alkyl carbamates (subject to hydrolysis) is 1. The summed E-state index contributed by atoms with van der Waals surface area (Å²) in [5.41, 5.74) is 2.64. The predicted molar refractivity (Wildman–Crippen MR) is 168 cm³/mol. The minimum atomic E-state index is -0.574. The van der Waals surface area contributed by atoms with Gasteiger partial charge in [-0.15, -0.1) is 0 Å². The van der Waals surface area contributed by atoms with E-state index in [2.05, 4.69) is 32.9 Å². The number of hydrogen-bond donors (Lipinski definition) is 3. The number of ether oxygens (including phenoxy) is 1. The lowest BCUT2D eigenvalue weighted by atomic mass is 10.1. The SMILES string of the molecule is CCc1cnn2c(Nc3cccc(NC(=O)c4ccc([N+](=O)[O-])cc4)c3)cc(N3CCCC(NC(=O)OC(C)(C)C)C3)nc12. The molecule has 2 amide bonds. The summed E-state index contributed by atoms with van der Waals surface area (Å²) in [6.45, 7) is 8.94. The topological polar surface area (TPSA) is 156 Å². The van der Waals surface area contributed by atoms with Gasteiger partial charge in [0.25, 0.3) is 11.6 Å². The summed E-state index contributed by atoms with van der Waals surface area (Å²) >= 11 is 0. The first-order valence-corrected chi connectivity index (χ1v) is 14.5. The average molecular weight is 601 g/mol. The maximum atomic E-state index is 12.8. The van der Waals surface area contributed by atoms with Crippen molar-refractivity contribution in [2.75, 3.05) is 28.6 Å². The number of fused-ring (bicyclic) bond motifs is 1. The Morgan fingerprint density at radius 3 is 2.57 bits per heavy atom. The first-order chi connectivity index (χ1) is 21.0. The van der Waals surface area contributed by atoms with Crippen LogP contribution in [0, 0.1) is 10.1 Å². The maximum absolute atomic E-state index is 12.8. The molecule has 1 unspecified atom stereocenters. The Morgan fingerprint density at radius 1 is 1.11 bits per heavy atom. The third-order valence-corrected chi connectivity index (χ3v) is 7.11. The lowest BCUT2D eigenvalue weighted by Gasteiger charge is -2.34. The van der Waals surface area contributed by atoms with E-state index in [0.717, 1.165) is 42.8 Å². The molecule has 0 spiro atoms. The van der Waals surface area contributed by atoms with Crippen molar-refractivity contribution in [2.45, 2.75) is 58.6 Å². The van der Waals surface area contributed by atoms with Crippen LogP contribution < -0.4 is 20.9 Å². The van der Waals surface area contributed by atoms with E-state index in [1.165, 1.54) is 24.3 Å². The minimum absolute atomic E-state index is 0.0833. The van der Waals surface area contributed by atoms with Gasteiger partial charge < -0.3 is 25.6 Å². The van der Waals surface area contributed by atoms with E-state index in [-0.39, 0.29) is 17.6 Å². The summed E-state index contributed by atoms with van der Waals surface area (Å²) in [6.07, 6.45) is 3.86. The number of nitrogens with one attached hydrogen (secondary N) is 3. The third kappa shape index (κ3) is 7.22. The molecule has 44 heavy (non-hydrogen) atoms. The summed E-state index contributed by atoms with van der Waals surface area (Å²) in [5, 5.41) is 24.8. The van der Waals surface area contributed by atoms with Crippen LogP contribution in [0.3, 0.4) is 0 Å². The molecule has 3 N–H and O–H groups in total. The number of nitro groups is 1. The van der Waals surface area contributed by atoms with Crippen LogP contribution in [0.25, 0.3) is 5.65 Å². The van der Waals surface area contributed by atoms with Gasteiger partial charge in [0.1, 0.15) is 17.2 Å². The number of non-ortho nitro benzene ring substituents is 1. The van der Waals surface area contributed by atoms with Gasteiger partial charge in [-0.3, -0.25) is 14.9 Å². The van der Waals surface area contributed by atoms with Crippen molar-refractivity contribution >= 4 is 46.3 Å². The van der Waals surface area contributed by atoms with Crippen molar-refractivity contribution in [2.24, 2.45) is 0 Å². The molecule has 2 aromatic carbocycles. The highest BCUT2D eigenvalue weighted by atomic mass is 16.6. The smallest absolute Gasteiger partial charge is 0.407 e. The molecule has 0 saturated carbocycles. The van der Waals surface area contributed by atoms with Gasteiger partial charge in [-0.1, -0.05) is 13.0 Å². The van der Waals surface area contributed by atoms with Gasteiger partial charge in [-0.25, -0.2) is 9.78 Å². The summed E-state index contributed by atoms with van der Waals surface area (Å²) < 4.78 is 7.21. The Balaban J connectivity index is 1.36. The summed E-state index contributed by atoms with van der Waals surface area (Å²) in [5.74, 6) is 1.06. The van der Waals surface area contributed by atoms with Crippen LogP contribution >= 0.6 is 0 Å². The van der Waals surface area contributed by atoms with Gasteiger partial charge >= 0.3 is 6.09 Å². The highest BCUT2D eigenvalue weighted by Gasteiger charge is 2.26. The van der Waals surface area contributed by atoms with Crippen LogP contribution in [0.15, 0.2) is 60.8 Å². The van der Waals surface area contributed by atoms with E-state index in [1.54, 1.807) is 22.8 Å². The number of nitrogens with zero attached hydrogens (tertiary/aromatic N) is 5. The fourth-order valence-electron chi connectivity index (χ4n) is 5.03. The molecule has 3 heterocycles. The Morgan fingerprint density at radius 2 is 1.86 bits per heavy atom. The summed E-state index contributed by atoms with van der Waals surface area (Å²) in [7, 11) is 0. The zero-order chi connectivity index (χ0) is 31.4. The molecule has 2 aromatic heterocycles. The molecule has 5 rings (SSSR count). The number of aryl methyl sites for hydroxylation is 1. The Kier molecular flexibility index (Phi) is 8.65. The van der Waals surface area contributed by atoms with Crippen molar-refractivity contribution in [1.82, 2.24) is 19.9 Å². The normalized spacial score (nSPS) is 15.1. The Labute approximate surface area is 254 Å². The number of anilines is 4. The van der Waals surface area contributed by atoms with Crippen LogP contribution in [-0.4, -0.2) is 56.3 Å². The van der Waals surface area contributed by atoms with E-state index >= 15 is 0 Å². The van der Waals surface area contributed by atoms with Gasteiger partial charge in [0, 0.05) is 59.8 Å². The molecule has 1 saturated heterocycles. The maximum Gasteiger partial charge on any atom is 0.407 e.